The molecule has 1 amide bonds. The Bertz CT molecular complexity index is 1310. The van der Waals surface area contributed by atoms with Crippen LogP contribution in [0.2, 0.25) is 0 Å². The number of halogens is 3. The Hall–Kier alpha value is -4.06. The van der Waals surface area contributed by atoms with Gasteiger partial charge in [-0.25, -0.2) is 9.59 Å². The summed E-state index contributed by atoms with van der Waals surface area (Å²) in [6, 6.07) is 13.9. The van der Waals surface area contributed by atoms with Gasteiger partial charge in [0.2, 0.25) is 0 Å². The van der Waals surface area contributed by atoms with Crippen molar-refractivity contribution < 1.29 is 41.8 Å². The van der Waals surface area contributed by atoms with Crippen molar-refractivity contribution in [1.29, 1.82) is 0 Å². The number of amides is 1. The Balaban J connectivity index is 2.17. The standard InChI is InChI=1S/C26H25F3N2O6S/c1-5-37-23(33)19-15(2)20(16-9-7-6-8-10-16)38-22(19)31-25(24(34)36-4,26(27,28)29)30-21(32)17-11-13-18(35-3)14-12-17/h6-14,31H,5H2,1-4H3,(H,30,32)/t25-/m1/s1. The molecule has 8 nitrogen and oxygen atoms in total. The minimum Gasteiger partial charge on any atom is -0.497 e. The predicted molar refractivity (Wildman–Crippen MR) is 135 cm³/mol. The van der Waals surface area contributed by atoms with E-state index in [9.17, 15) is 27.6 Å². The zero-order chi connectivity index (χ0) is 28.1. The topological polar surface area (TPSA) is 103 Å². The quantitative estimate of drug-likeness (QED) is 0.280. The molecule has 0 spiro atoms. The van der Waals surface area contributed by atoms with E-state index in [2.05, 4.69) is 10.1 Å². The highest BCUT2D eigenvalue weighted by Gasteiger charge is 2.64. The third kappa shape index (κ3) is 5.59. The highest BCUT2D eigenvalue weighted by molar-refractivity contribution is 7.20. The number of alkyl halides is 3. The summed E-state index contributed by atoms with van der Waals surface area (Å²) in [5.41, 5.74) is -3.16. The summed E-state index contributed by atoms with van der Waals surface area (Å²) in [4.78, 5) is 39.0. The van der Waals surface area contributed by atoms with E-state index < -0.39 is 29.7 Å². The number of carbonyl (C=O) groups is 3. The maximum Gasteiger partial charge on any atom is 0.441 e. The van der Waals surface area contributed by atoms with E-state index in [0.717, 1.165) is 18.4 Å². The lowest BCUT2D eigenvalue weighted by Gasteiger charge is -2.34. The Morgan fingerprint density at radius 1 is 0.974 bits per heavy atom. The maximum absolute atomic E-state index is 14.7. The molecule has 202 valence electrons. The second kappa shape index (κ2) is 11.5. The van der Waals surface area contributed by atoms with Gasteiger partial charge in [-0.05, 0) is 49.2 Å². The van der Waals surface area contributed by atoms with Crippen LogP contribution in [0.5, 0.6) is 5.75 Å². The summed E-state index contributed by atoms with van der Waals surface area (Å²) in [5, 5.41) is 3.53. The average Bonchev–Trinajstić information content (AvgIpc) is 3.23. The molecule has 2 N–H and O–H groups in total. The van der Waals surface area contributed by atoms with E-state index in [1.807, 2.05) is 0 Å². The molecular formula is C26H25F3N2O6S. The minimum absolute atomic E-state index is 0.0378. The number of carbonyl (C=O) groups excluding carboxylic acids is 3. The predicted octanol–water partition coefficient (Wildman–Crippen LogP) is 5.18. The lowest BCUT2D eigenvalue weighted by molar-refractivity contribution is -0.203. The van der Waals surface area contributed by atoms with Crippen molar-refractivity contribution in [3.05, 3.63) is 71.3 Å². The molecule has 0 aliphatic carbocycles. The van der Waals surface area contributed by atoms with E-state index in [1.165, 1.54) is 31.4 Å². The highest BCUT2D eigenvalue weighted by Crippen LogP contribution is 2.43. The zero-order valence-corrected chi connectivity index (χ0v) is 21.7. The first-order valence-corrected chi connectivity index (χ1v) is 12.1. The largest absolute Gasteiger partial charge is 0.497 e. The lowest BCUT2D eigenvalue weighted by atomic mass is 10.1. The first-order valence-electron chi connectivity index (χ1n) is 11.2. The van der Waals surface area contributed by atoms with Crippen molar-refractivity contribution in [2.24, 2.45) is 0 Å². The van der Waals surface area contributed by atoms with Gasteiger partial charge in [-0.1, -0.05) is 30.3 Å². The van der Waals surface area contributed by atoms with Crippen LogP contribution >= 0.6 is 11.3 Å². The minimum atomic E-state index is -5.40. The molecule has 12 heteroatoms. The summed E-state index contributed by atoms with van der Waals surface area (Å²) in [6.07, 6.45) is -5.40. The van der Waals surface area contributed by atoms with Crippen LogP contribution in [-0.2, 0) is 14.3 Å². The van der Waals surface area contributed by atoms with Crippen LogP contribution in [0.4, 0.5) is 18.2 Å². The van der Waals surface area contributed by atoms with Gasteiger partial charge in [0.1, 0.15) is 10.8 Å². The summed E-state index contributed by atoms with van der Waals surface area (Å²) in [7, 11) is 2.14. The Labute approximate surface area is 220 Å². The van der Waals surface area contributed by atoms with Crippen LogP contribution in [0.15, 0.2) is 54.6 Å². The van der Waals surface area contributed by atoms with E-state index in [1.54, 1.807) is 49.5 Å². The molecule has 0 fully saturated rings. The van der Waals surface area contributed by atoms with E-state index >= 15 is 0 Å². The monoisotopic (exact) mass is 550 g/mol. The number of esters is 2. The average molecular weight is 551 g/mol. The number of hydrogen-bond acceptors (Lipinski definition) is 8. The second-order valence-corrected chi connectivity index (χ2v) is 8.91. The van der Waals surface area contributed by atoms with Crippen molar-refractivity contribution >= 4 is 34.2 Å². The fraction of sp³-hybridized carbons (Fsp3) is 0.269. The van der Waals surface area contributed by atoms with Gasteiger partial charge in [-0.2, -0.15) is 13.2 Å². The molecule has 38 heavy (non-hydrogen) atoms. The van der Waals surface area contributed by atoms with Crippen LogP contribution in [0.1, 0.15) is 33.2 Å². The molecule has 3 aromatic rings. The fourth-order valence-electron chi connectivity index (χ4n) is 3.61. The molecule has 1 heterocycles. The van der Waals surface area contributed by atoms with Crippen LogP contribution in [0.3, 0.4) is 0 Å². The molecule has 0 aliphatic rings. The molecule has 0 bridgehead atoms. The number of methoxy groups -OCH3 is 2. The van der Waals surface area contributed by atoms with E-state index in [-0.39, 0.29) is 22.7 Å². The SMILES string of the molecule is CCOC(=O)c1c(N[C@](NC(=O)c2ccc(OC)cc2)(C(=O)OC)C(F)(F)F)sc(-c2ccccc2)c1C. The summed E-state index contributed by atoms with van der Waals surface area (Å²) < 4.78 is 58.7. The van der Waals surface area contributed by atoms with Gasteiger partial charge in [0.15, 0.2) is 0 Å². The second-order valence-electron chi connectivity index (χ2n) is 7.89. The molecule has 0 saturated heterocycles. The number of thiophene rings is 1. The summed E-state index contributed by atoms with van der Waals surface area (Å²) in [5.74, 6) is -3.59. The van der Waals surface area contributed by atoms with Crippen LogP contribution in [-0.4, -0.2) is 50.5 Å². The van der Waals surface area contributed by atoms with Crippen molar-refractivity contribution in [1.82, 2.24) is 5.32 Å². The third-order valence-corrected chi connectivity index (χ3v) is 6.79. The van der Waals surface area contributed by atoms with Crippen molar-refractivity contribution in [2.75, 3.05) is 26.1 Å². The molecule has 0 unspecified atom stereocenters. The Morgan fingerprint density at radius 2 is 1.61 bits per heavy atom. The molecule has 1 atom stereocenters. The molecule has 0 radical (unpaired) electrons. The van der Waals surface area contributed by atoms with Gasteiger partial charge in [0.25, 0.3) is 5.91 Å². The van der Waals surface area contributed by atoms with Gasteiger partial charge in [0, 0.05) is 10.4 Å². The van der Waals surface area contributed by atoms with E-state index in [0.29, 0.717) is 21.8 Å². The van der Waals surface area contributed by atoms with Crippen molar-refractivity contribution in [2.45, 2.75) is 25.7 Å². The molecule has 1 aromatic heterocycles. The van der Waals surface area contributed by atoms with Crippen molar-refractivity contribution in [3.8, 4) is 16.2 Å². The van der Waals surface area contributed by atoms with Crippen LogP contribution in [0.25, 0.3) is 10.4 Å². The Kier molecular flexibility index (Phi) is 8.67. The number of nitrogens with one attached hydrogen (secondary N) is 2. The third-order valence-electron chi connectivity index (χ3n) is 5.53. The van der Waals surface area contributed by atoms with Gasteiger partial charge in [0.05, 0.1) is 26.4 Å². The van der Waals surface area contributed by atoms with Crippen molar-refractivity contribution in [3.63, 3.8) is 0 Å². The maximum atomic E-state index is 14.7. The van der Waals surface area contributed by atoms with Gasteiger partial charge in [-0.15, -0.1) is 11.3 Å². The first-order chi connectivity index (χ1) is 18.0. The lowest BCUT2D eigenvalue weighted by Crippen LogP contribution is -2.69. The van der Waals surface area contributed by atoms with Crippen LogP contribution < -0.4 is 15.4 Å². The summed E-state index contributed by atoms with van der Waals surface area (Å²) in [6.45, 7) is 3.07. The molecule has 3 rings (SSSR count). The highest BCUT2D eigenvalue weighted by atomic mass is 32.1. The number of ether oxygens (including phenoxy) is 3. The summed E-state index contributed by atoms with van der Waals surface area (Å²) >= 11 is 0.805. The molecule has 0 aliphatic heterocycles. The normalized spacial score (nSPS) is 12.7. The number of benzene rings is 2. The molecular weight excluding hydrogens is 525 g/mol. The van der Waals surface area contributed by atoms with Gasteiger partial charge in [-0.3, -0.25) is 4.79 Å². The molecule has 2 aromatic carbocycles. The zero-order valence-electron chi connectivity index (χ0n) is 20.9. The fourth-order valence-corrected chi connectivity index (χ4v) is 4.87. The number of rotatable bonds is 9. The number of anilines is 1. The number of hydrogen-bond donors (Lipinski definition) is 2. The van der Waals surface area contributed by atoms with Gasteiger partial charge < -0.3 is 24.8 Å². The van der Waals surface area contributed by atoms with E-state index in [4.69, 9.17) is 9.47 Å². The first kappa shape index (κ1) is 28.5. The smallest absolute Gasteiger partial charge is 0.441 e. The Morgan fingerprint density at radius 3 is 2.13 bits per heavy atom. The molecule has 0 saturated carbocycles. The van der Waals surface area contributed by atoms with Crippen LogP contribution in [0, 0.1) is 6.92 Å². The van der Waals surface area contributed by atoms with Gasteiger partial charge >= 0.3 is 23.8 Å².